The molecule has 1 aromatic carbocycles. The highest BCUT2D eigenvalue weighted by molar-refractivity contribution is 5.78. The van der Waals surface area contributed by atoms with Gasteiger partial charge in [0.1, 0.15) is 12.7 Å². The van der Waals surface area contributed by atoms with Crippen molar-refractivity contribution < 1.29 is 19.0 Å². The normalized spacial score (nSPS) is 25.9. The van der Waals surface area contributed by atoms with Gasteiger partial charge in [-0.1, -0.05) is 19.1 Å². The van der Waals surface area contributed by atoms with Crippen molar-refractivity contribution in [2.45, 2.75) is 39.1 Å². The molecule has 3 atom stereocenters. The van der Waals surface area contributed by atoms with Crippen LogP contribution in [-0.2, 0) is 9.53 Å². The zero-order chi connectivity index (χ0) is 17.8. The summed E-state index contributed by atoms with van der Waals surface area (Å²) in [5, 5.41) is 0. The van der Waals surface area contributed by atoms with Crippen molar-refractivity contribution in [1.29, 1.82) is 0 Å². The summed E-state index contributed by atoms with van der Waals surface area (Å²) in [4.78, 5) is 16.7. The fraction of sp³-hybridized carbons (Fsp3) is 0.632. The third kappa shape index (κ3) is 4.64. The quantitative estimate of drug-likeness (QED) is 0.812. The first-order chi connectivity index (χ1) is 12.0. The molecule has 0 N–H and O–H groups in total. The minimum Gasteiger partial charge on any atom is -0.486 e. The van der Waals surface area contributed by atoms with Crippen molar-refractivity contribution >= 4 is 5.91 Å². The first-order valence-corrected chi connectivity index (χ1v) is 9.09. The highest BCUT2D eigenvalue weighted by atomic mass is 16.6. The fourth-order valence-corrected chi connectivity index (χ4v) is 3.42. The molecule has 25 heavy (non-hydrogen) atoms. The number of rotatable bonds is 5. The van der Waals surface area contributed by atoms with Crippen molar-refractivity contribution in [3.05, 3.63) is 24.3 Å². The number of amides is 1. The highest BCUT2D eigenvalue weighted by Gasteiger charge is 2.28. The number of fused-ring (bicyclic) bond motifs is 1. The Morgan fingerprint density at radius 1 is 1.20 bits per heavy atom. The molecule has 138 valence electrons. The second kappa shape index (κ2) is 8.06. The number of hydrogen-bond acceptors (Lipinski definition) is 5. The van der Waals surface area contributed by atoms with E-state index >= 15 is 0 Å². The summed E-state index contributed by atoms with van der Waals surface area (Å²) < 4.78 is 17.5. The number of benzene rings is 1. The summed E-state index contributed by atoms with van der Waals surface area (Å²) >= 11 is 0. The van der Waals surface area contributed by atoms with E-state index in [-0.39, 0.29) is 24.2 Å². The maximum Gasteiger partial charge on any atom is 0.236 e. The third-order valence-corrected chi connectivity index (χ3v) is 4.61. The topological polar surface area (TPSA) is 51.2 Å². The molecular weight excluding hydrogens is 320 g/mol. The molecule has 0 aliphatic carbocycles. The minimum absolute atomic E-state index is 0.0646. The molecule has 0 aromatic heterocycles. The number of carbonyl (C=O) groups excluding carboxylic acids is 1. The Morgan fingerprint density at radius 2 is 1.88 bits per heavy atom. The van der Waals surface area contributed by atoms with Crippen molar-refractivity contribution in [3.8, 4) is 11.5 Å². The van der Waals surface area contributed by atoms with Gasteiger partial charge in [-0.05, 0) is 32.5 Å². The van der Waals surface area contributed by atoms with Crippen LogP contribution < -0.4 is 9.47 Å². The van der Waals surface area contributed by atoms with E-state index in [1.54, 1.807) is 0 Å². The number of para-hydroxylation sites is 2. The monoisotopic (exact) mass is 348 g/mol. The van der Waals surface area contributed by atoms with E-state index in [2.05, 4.69) is 11.8 Å². The second-order valence-electron chi connectivity index (χ2n) is 6.88. The summed E-state index contributed by atoms with van der Waals surface area (Å²) in [5.41, 5.74) is 0. The van der Waals surface area contributed by atoms with Gasteiger partial charge in [-0.2, -0.15) is 0 Å². The van der Waals surface area contributed by atoms with E-state index in [9.17, 15) is 4.79 Å². The van der Waals surface area contributed by atoms with Crippen molar-refractivity contribution in [2.24, 2.45) is 0 Å². The first kappa shape index (κ1) is 18.0. The molecule has 2 aliphatic rings. The zero-order valence-electron chi connectivity index (χ0n) is 15.3. The Kier molecular flexibility index (Phi) is 5.81. The average molecular weight is 348 g/mol. The van der Waals surface area contributed by atoms with Crippen LogP contribution in [0.4, 0.5) is 0 Å². The van der Waals surface area contributed by atoms with E-state index in [0.29, 0.717) is 32.8 Å². The van der Waals surface area contributed by atoms with E-state index in [1.165, 1.54) is 0 Å². The van der Waals surface area contributed by atoms with Crippen LogP contribution >= 0.6 is 0 Å². The summed E-state index contributed by atoms with van der Waals surface area (Å²) in [5.74, 6) is 1.71. The van der Waals surface area contributed by atoms with Crippen molar-refractivity contribution in [1.82, 2.24) is 9.80 Å². The van der Waals surface area contributed by atoms with Gasteiger partial charge in [0.2, 0.25) is 5.91 Å². The molecule has 6 heteroatoms. The Bertz CT molecular complexity index is 585. The number of hydrogen-bond donors (Lipinski definition) is 0. The molecule has 3 unspecified atom stereocenters. The number of nitrogens with zero attached hydrogens (tertiary/aromatic N) is 2. The molecule has 3 rings (SSSR count). The Labute approximate surface area is 149 Å². The van der Waals surface area contributed by atoms with Gasteiger partial charge in [0.05, 0.1) is 18.8 Å². The highest BCUT2D eigenvalue weighted by Crippen LogP contribution is 2.31. The third-order valence-electron chi connectivity index (χ3n) is 4.61. The SMILES string of the molecule is CCN(CC(=O)N1CC(C)OC(C)C1)CC1COc2ccccc2O1. The van der Waals surface area contributed by atoms with Gasteiger partial charge in [0, 0.05) is 19.6 Å². The van der Waals surface area contributed by atoms with Crippen LogP contribution in [0.25, 0.3) is 0 Å². The largest absolute Gasteiger partial charge is 0.486 e. The lowest BCUT2D eigenvalue weighted by molar-refractivity contribution is -0.144. The number of ether oxygens (including phenoxy) is 3. The lowest BCUT2D eigenvalue weighted by atomic mass is 10.2. The summed E-state index contributed by atoms with van der Waals surface area (Å²) in [6.45, 7) is 9.79. The van der Waals surface area contributed by atoms with Gasteiger partial charge >= 0.3 is 0 Å². The number of carbonyl (C=O) groups is 1. The smallest absolute Gasteiger partial charge is 0.236 e. The van der Waals surface area contributed by atoms with Gasteiger partial charge in [-0.3, -0.25) is 9.69 Å². The molecule has 2 aliphatic heterocycles. The molecule has 6 nitrogen and oxygen atoms in total. The van der Waals surface area contributed by atoms with Crippen LogP contribution in [0.1, 0.15) is 20.8 Å². The van der Waals surface area contributed by atoms with E-state index in [1.807, 2.05) is 43.0 Å². The predicted molar refractivity (Wildman–Crippen MR) is 95.1 cm³/mol. The summed E-state index contributed by atoms with van der Waals surface area (Å²) in [7, 11) is 0. The van der Waals surface area contributed by atoms with Crippen LogP contribution in [0.15, 0.2) is 24.3 Å². The summed E-state index contributed by atoms with van der Waals surface area (Å²) in [6.07, 6.45) is 0.119. The number of morpholine rings is 1. The second-order valence-corrected chi connectivity index (χ2v) is 6.88. The molecule has 1 amide bonds. The predicted octanol–water partition coefficient (Wildman–Crippen LogP) is 1.78. The van der Waals surface area contributed by atoms with Crippen LogP contribution in [-0.4, -0.2) is 73.3 Å². The average Bonchev–Trinajstić information content (AvgIpc) is 2.60. The maximum atomic E-state index is 12.7. The summed E-state index contributed by atoms with van der Waals surface area (Å²) in [6, 6.07) is 7.70. The van der Waals surface area contributed by atoms with Crippen LogP contribution in [0, 0.1) is 0 Å². The van der Waals surface area contributed by atoms with Crippen LogP contribution in [0.5, 0.6) is 11.5 Å². The zero-order valence-corrected chi connectivity index (χ0v) is 15.3. The maximum absolute atomic E-state index is 12.7. The molecule has 0 spiro atoms. The van der Waals surface area contributed by atoms with Crippen LogP contribution in [0.2, 0.25) is 0 Å². The van der Waals surface area contributed by atoms with E-state index in [4.69, 9.17) is 14.2 Å². The van der Waals surface area contributed by atoms with Gasteiger partial charge in [0.15, 0.2) is 11.5 Å². The fourth-order valence-electron chi connectivity index (χ4n) is 3.42. The Hall–Kier alpha value is -1.79. The Morgan fingerprint density at radius 3 is 2.56 bits per heavy atom. The molecule has 0 saturated carbocycles. The van der Waals surface area contributed by atoms with Crippen molar-refractivity contribution in [3.63, 3.8) is 0 Å². The van der Waals surface area contributed by atoms with Gasteiger partial charge < -0.3 is 19.1 Å². The lowest BCUT2D eigenvalue weighted by Crippen LogP contribution is -2.52. The van der Waals surface area contributed by atoms with Crippen LogP contribution in [0.3, 0.4) is 0 Å². The molecule has 1 saturated heterocycles. The van der Waals surface area contributed by atoms with E-state index < -0.39 is 0 Å². The van der Waals surface area contributed by atoms with E-state index in [0.717, 1.165) is 18.0 Å². The molecule has 0 bridgehead atoms. The van der Waals surface area contributed by atoms with Gasteiger partial charge in [-0.25, -0.2) is 0 Å². The van der Waals surface area contributed by atoms with Crippen molar-refractivity contribution in [2.75, 3.05) is 39.3 Å². The minimum atomic E-state index is -0.0646. The number of likely N-dealkylation sites (N-methyl/N-ethyl adjacent to an activating group) is 1. The lowest BCUT2D eigenvalue weighted by Gasteiger charge is -2.37. The Balaban J connectivity index is 1.53. The standard InChI is InChI=1S/C19H28N2O4/c1-4-20(12-19(22)21-9-14(2)24-15(3)10-21)11-16-13-23-17-7-5-6-8-18(17)25-16/h5-8,14-16H,4,9-13H2,1-3H3. The first-order valence-electron chi connectivity index (χ1n) is 9.09. The van der Waals surface area contributed by atoms with Gasteiger partial charge in [-0.15, -0.1) is 0 Å². The molecule has 2 heterocycles. The van der Waals surface area contributed by atoms with Gasteiger partial charge in [0.25, 0.3) is 0 Å². The molecule has 1 aromatic rings. The molecular formula is C19H28N2O4. The molecule has 1 fully saturated rings. The molecule has 0 radical (unpaired) electrons.